The largest absolute Gasteiger partial charge is 0.480 e. The number of hydrogen-bond donors (Lipinski definition) is 0. The molecule has 5 aromatic heterocycles. The monoisotopic (exact) mass is 581 g/mol. The molecule has 0 atom stereocenters. The number of aryl methyl sites for hydroxylation is 1. The van der Waals surface area contributed by atoms with Gasteiger partial charge in [-0.1, -0.05) is 0 Å². The highest BCUT2D eigenvalue weighted by molar-refractivity contribution is 5.82. The quantitative estimate of drug-likeness (QED) is 0.232. The third-order valence-corrected chi connectivity index (χ3v) is 7.12. The molecule has 0 amide bonds. The smallest absolute Gasteiger partial charge is 0.434 e. The molecule has 0 unspecified atom stereocenters. The Morgan fingerprint density at radius 3 is 2.50 bits per heavy atom. The van der Waals surface area contributed by atoms with Crippen LogP contribution >= 0.6 is 0 Å². The lowest BCUT2D eigenvalue weighted by molar-refractivity contribution is -0.140. The maximum Gasteiger partial charge on any atom is 0.434 e. The van der Waals surface area contributed by atoms with Gasteiger partial charge >= 0.3 is 6.18 Å². The van der Waals surface area contributed by atoms with Gasteiger partial charge in [0.1, 0.15) is 29.7 Å². The van der Waals surface area contributed by atoms with Crippen LogP contribution in [-0.2, 0) is 19.8 Å². The highest BCUT2D eigenvalue weighted by Gasteiger charge is 2.38. The van der Waals surface area contributed by atoms with E-state index >= 15 is 4.39 Å². The standard InChI is InChI=1S/C27H23F4N9O2/c1-39-9-17-22(38-39)26(37-23(35-17)19-20(14-3-4-14)33-12-34-25(19)41-2)42-11-13-7-16(28)21(32-8-13)24-36-18(27(29,30)31)10-40(24)15-5-6-15/h7-10,12,14-15H,3-6,11H2,1-2H3. The molecule has 7 rings (SSSR count). The average molecular weight is 582 g/mol. The average Bonchev–Trinajstić information content (AvgIpc) is 3.89. The van der Waals surface area contributed by atoms with Crippen molar-refractivity contribution in [2.24, 2.45) is 7.05 Å². The van der Waals surface area contributed by atoms with Crippen molar-refractivity contribution in [2.75, 3.05) is 7.11 Å². The zero-order valence-corrected chi connectivity index (χ0v) is 22.4. The minimum atomic E-state index is -4.65. The summed E-state index contributed by atoms with van der Waals surface area (Å²) in [5.74, 6) is 0.0644. The Bertz CT molecular complexity index is 1830. The van der Waals surface area contributed by atoms with Crippen LogP contribution in [-0.4, -0.2) is 51.4 Å². The SMILES string of the molecule is COc1ncnc(C2CC2)c1-c1nc(OCc2cnc(-c3nc(C(F)(F)F)cn3C3CC3)c(F)c2)c2nn(C)cc2n1. The minimum Gasteiger partial charge on any atom is -0.480 e. The second kappa shape index (κ2) is 9.70. The molecule has 0 aliphatic heterocycles. The summed E-state index contributed by atoms with van der Waals surface area (Å²) in [6.45, 7) is -0.144. The van der Waals surface area contributed by atoms with Crippen molar-refractivity contribution in [1.82, 2.24) is 44.3 Å². The predicted molar refractivity (Wildman–Crippen MR) is 139 cm³/mol. The van der Waals surface area contributed by atoms with Gasteiger partial charge in [-0.25, -0.2) is 29.3 Å². The van der Waals surface area contributed by atoms with Crippen molar-refractivity contribution in [3.8, 4) is 34.7 Å². The molecule has 2 aliphatic rings. The number of hydrogen-bond acceptors (Lipinski definition) is 9. The van der Waals surface area contributed by atoms with Crippen LogP contribution in [0.1, 0.15) is 54.6 Å². The first-order chi connectivity index (χ1) is 20.2. The lowest BCUT2D eigenvalue weighted by atomic mass is 10.1. The Hall–Kier alpha value is -4.69. The predicted octanol–water partition coefficient (Wildman–Crippen LogP) is 5.04. The van der Waals surface area contributed by atoms with Gasteiger partial charge in [0.2, 0.25) is 11.8 Å². The van der Waals surface area contributed by atoms with Crippen molar-refractivity contribution in [1.29, 1.82) is 0 Å². The fraction of sp³-hybridized carbons (Fsp3) is 0.370. The number of imidazole rings is 1. The molecule has 42 heavy (non-hydrogen) atoms. The molecule has 0 radical (unpaired) electrons. The summed E-state index contributed by atoms with van der Waals surface area (Å²) in [4.78, 5) is 25.8. The Balaban J connectivity index is 1.21. The highest BCUT2D eigenvalue weighted by atomic mass is 19.4. The minimum absolute atomic E-state index is 0.144. The molecule has 0 bridgehead atoms. The van der Waals surface area contributed by atoms with E-state index in [1.165, 1.54) is 30.3 Å². The maximum atomic E-state index is 15.3. The van der Waals surface area contributed by atoms with Gasteiger partial charge in [-0.05, 0) is 31.7 Å². The van der Waals surface area contributed by atoms with E-state index in [9.17, 15) is 13.2 Å². The van der Waals surface area contributed by atoms with Gasteiger partial charge in [-0.15, -0.1) is 0 Å². The molecule has 5 heterocycles. The van der Waals surface area contributed by atoms with Crippen molar-refractivity contribution in [2.45, 2.75) is 50.4 Å². The molecule has 2 saturated carbocycles. The number of rotatable bonds is 8. The van der Waals surface area contributed by atoms with Crippen LogP contribution in [0.5, 0.6) is 11.8 Å². The van der Waals surface area contributed by atoms with Crippen molar-refractivity contribution in [3.63, 3.8) is 0 Å². The first-order valence-electron chi connectivity index (χ1n) is 13.2. The summed E-state index contributed by atoms with van der Waals surface area (Å²) in [6.07, 6.45) is 4.13. The van der Waals surface area contributed by atoms with Crippen molar-refractivity contribution in [3.05, 3.63) is 53.8 Å². The molecule has 15 heteroatoms. The third kappa shape index (κ3) is 4.77. The van der Waals surface area contributed by atoms with E-state index in [0.29, 0.717) is 46.7 Å². The molecule has 0 N–H and O–H groups in total. The molecular weight excluding hydrogens is 558 g/mol. The summed E-state index contributed by atoms with van der Waals surface area (Å²) in [7, 11) is 3.25. The number of alkyl halides is 3. The molecule has 0 saturated heterocycles. The van der Waals surface area contributed by atoms with Crippen LogP contribution in [0.3, 0.4) is 0 Å². The van der Waals surface area contributed by atoms with E-state index in [2.05, 4.69) is 35.0 Å². The number of aromatic nitrogens is 9. The van der Waals surface area contributed by atoms with Gasteiger partial charge in [-0.3, -0.25) is 4.68 Å². The van der Waals surface area contributed by atoms with E-state index in [4.69, 9.17) is 9.47 Å². The van der Waals surface area contributed by atoms with Gasteiger partial charge in [0, 0.05) is 37.0 Å². The van der Waals surface area contributed by atoms with Crippen LogP contribution in [0.25, 0.3) is 33.9 Å². The Morgan fingerprint density at radius 1 is 1.00 bits per heavy atom. The van der Waals surface area contributed by atoms with Crippen LogP contribution in [0.15, 0.2) is 31.0 Å². The lowest BCUT2D eigenvalue weighted by Gasteiger charge is -2.12. The zero-order chi connectivity index (χ0) is 29.2. The molecule has 0 spiro atoms. The van der Waals surface area contributed by atoms with Gasteiger partial charge < -0.3 is 14.0 Å². The molecule has 11 nitrogen and oxygen atoms in total. The summed E-state index contributed by atoms with van der Waals surface area (Å²) >= 11 is 0. The molecule has 2 aliphatic carbocycles. The van der Waals surface area contributed by atoms with Crippen LogP contribution in [0.2, 0.25) is 0 Å². The second-order valence-electron chi connectivity index (χ2n) is 10.4. The van der Waals surface area contributed by atoms with Crippen LogP contribution in [0.4, 0.5) is 17.6 Å². The number of pyridine rings is 1. The molecule has 2 fully saturated rings. The Morgan fingerprint density at radius 2 is 1.81 bits per heavy atom. The third-order valence-electron chi connectivity index (χ3n) is 7.12. The molecule has 5 aromatic rings. The Labute approximate surface area is 235 Å². The summed E-state index contributed by atoms with van der Waals surface area (Å²) in [5.41, 5.74) is 1.25. The first-order valence-corrected chi connectivity index (χ1v) is 13.2. The van der Waals surface area contributed by atoms with E-state index in [1.54, 1.807) is 17.9 Å². The van der Waals surface area contributed by atoms with Gasteiger partial charge in [0.05, 0.1) is 19.0 Å². The first kappa shape index (κ1) is 26.2. The van der Waals surface area contributed by atoms with Crippen molar-refractivity contribution >= 4 is 11.0 Å². The maximum absolute atomic E-state index is 15.3. The molecular formula is C27H23F4N9O2. The fourth-order valence-electron chi connectivity index (χ4n) is 4.83. The number of nitrogens with zero attached hydrogens (tertiary/aromatic N) is 9. The number of ether oxygens (including phenoxy) is 2. The number of halogens is 4. The normalized spacial score (nSPS) is 15.4. The zero-order valence-electron chi connectivity index (χ0n) is 22.4. The van der Waals surface area contributed by atoms with Crippen LogP contribution in [0, 0.1) is 5.82 Å². The number of methoxy groups -OCH3 is 1. The second-order valence-corrected chi connectivity index (χ2v) is 10.4. The highest BCUT2D eigenvalue weighted by Crippen LogP contribution is 2.45. The number of fused-ring (bicyclic) bond motifs is 1. The van der Waals surface area contributed by atoms with Gasteiger partial charge in [0.15, 0.2) is 28.7 Å². The van der Waals surface area contributed by atoms with E-state index in [0.717, 1.165) is 24.7 Å². The molecule has 0 aromatic carbocycles. The summed E-state index contributed by atoms with van der Waals surface area (Å²) in [6, 6.07) is 1.01. The van der Waals surface area contributed by atoms with Crippen LogP contribution < -0.4 is 9.47 Å². The topological polar surface area (TPSA) is 119 Å². The van der Waals surface area contributed by atoms with Gasteiger partial charge in [0.25, 0.3) is 0 Å². The van der Waals surface area contributed by atoms with E-state index < -0.39 is 17.7 Å². The van der Waals surface area contributed by atoms with E-state index in [1.807, 2.05) is 0 Å². The summed E-state index contributed by atoms with van der Waals surface area (Å²) < 4.78 is 69.7. The fourth-order valence-corrected chi connectivity index (χ4v) is 4.83. The summed E-state index contributed by atoms with van der Waals surface area (Å²) in [5, 5.41) is 4.41. The van der Waals surface area contributed by atoms with E-state index in [-0.39, 0.29) is 36.0 Å². The molecule has 216 valence electrons. The van der Waals surface area contributed by atoms with Gasteiger partial charge in [-0.2, -0.15) is 23.3 Å². The lowest BCUT2D eigenvalue weighted by Crippen LogP contribution is -2.06. The van der Waals surface area contributed by atoms with Crippen molar-refractivity contribution < 1.29 is 27.0 Å². The Kier molecular flexibility index (Phi) is 6.06.